The monoisotopic (exact) mass is 433 g/mol. The molecule has 1 aromatic carbocycles. The van der Waals surface area contributed by atoms with Crippen molar-refractivity contribution in [1.82, 2.24) is 14.9 Å². The van der Waals surface area contributed by atoms with Crippen LogP contribution in [0.25, 0.3) is 17.3 Å². The van der Waals surface area contributed by atoms with Gasteiger partial charge < -0.3 is 14.6 Å². The summed E-state index contributed by atoms with van der Waals surface area (Å²) < 4.78 is 5.66. The van der Waals surface area contributed by atoms with Crippen molar-refractivity contribution in [2.75, 3.05) is 6.54 Å². The number of imidazole rings is 1. The molecule has 4 aliphatic rings. The van der Waals surface area contributed by atoms with Gasteiger partial charge in [0.1, 0.15) is 5.60 Å². The minimum atomic E-state index is -0.509. The molecule has 2 aliphatic carbocycles. The van der Waals surface area contributed by atoms with Crippen LogP contribution in [-0.4, -0.2) is 44.9 Å². The summed E-state index contributed by atoms with van der Waals surface area (Å²) >= 11 is 0. The molecule has 1 N–H and O–H groups in total. The standard InChI is InChI=1S/C26H31N3O3/c1-25(2,3)32-24(31)29-15-19-8-6-9-20(29)13-26(19)12-18(23(26)30)11-17-7-4-5-10-21(17)22-14-27-16-28-22/h4-5,7,10-11,14,16,19-20H,6,8-9,12-13,15H2,1-3H3,(H,27,28)/b18-11+. The van der Waals surface area contributed by atoms with Crippen molar-refractivity contribution in [3.63, 3.8) is 0 Å². The van der Waals surface area contributed by atoms with Crippen LogP contribution in [0.5, 0.6) is 0 Å². The first-order valence-corrected chi connectivity index (χ1v) is 11.6. The zero-order valence-electron chi connectivity index (χ0n) is 19.1. The average molecular weight is 434 g/mol. The molecule has 32 heavy (non-hydrogen) atoms. The number of carbonyl (C=O) groups is 2. The number of allylic oxidation sites excluding steroid dienone is 1. The Labute approximate surface area is 189 Å². The molecule has 3 unspecified atom stereocenters. The number of Topliss-reactive ketones (excluding diaryl/α,β-unsaturated/α-hetero) is 1. The van der Waals surface area contributed by atoms with Crippen molar-refractivity contribution in [2.45, 2.75) is 64.5 Å². The lowest BCUT2D eigenvalue weighted by Crippen LogP contribution is -2.60. The van der Waals surface area contributed by atoms with Gasteiger partial charge in [-0.1, -0.05) is 30.7 Å². The van der Waals surface area contributed by atoms with Gasteiger partial charge in [-0.25, -0.2) is 9.78 Å². The summed E-state index contributed by atoms with van der Waals surface area (Å²) in [7, 11) is 0. The van der Waals surface area contributed by atoms with E-state index in [0.29, 0.717) is 6.54 Å². The van der Waals surface area contributed by atoms with Crippen LogP contribution in [0.1, 0.15) is 58.4 Å². The van der Waals surface area contributed by atoms with Crippen LogP contribution in [0.2, 0.25) is 0 Å². The molecule has 6 rings (SSSR count). The van der Waals surface area contributed by atoms with E-state index < -0.39 is 5.60 Å². The Kier molecular flexibility index (Phi) is 4.99. The van der Waals surface area contributed by atoms with Gasteiger partial charge in [-0.2, -0.15) is 0 Å². The van der Waals surface area contributed by atoms with Crippen LogP contribution in [0.4, 0.5) is 4.79 Å². The van der Waals surface area contributed by atoms with Gasteiger partial charge >= 0.3 is 6.09 Å². The molecule has 168 valence electrons. The maximum atomic E-state index is 13.6. The van der Waals surface area contributed by atoms with Crippen molar-refractivity contribution in [1.29, 1.82) is 0 Å². The Bertz CT molecular complexity index is 1070. The Balaban J connectivity index is 1.37. The van der Waals surface area contributed by atoms with Crippen molar-refractivity contribution in [3.05, 3.63) is 47.9 Å². The molecule has 2 bridgehead atoms. The lowest BCUT2D eigenvalue weighted by atomic mass is 9.53. The third-order valence-electron chi connectivity index (χ3n) is 7.29. The number of ketones is 1. The largest absolute Gasteiger partial charge is 0.444 e. The zero-order valence-corrected chi connectivity index (χ0v) is 19.1. The summed E-state index contributed by atoms with van der Waals surface area (Å²) in [4.78, 5) is 35.6. The first kappa shape index (κ1) is 21.0. The average Bonchev–Trinajstić information content (AvgIpc) is 3.12. The minimum absolute atomic E-state index is 0.0892. The van der Waals surface area contributed by atoms with E-state index in [1.165, 1.54) is 0 Å². The highest BCUT2D eigenvalue weighted by molar-refractivity contribution is 6.11. The van der Waals surface area contributed by atoms with Crippen LogP contribution in [0, 0.1) is 11.3 Å². The van der Waals surface area contributed by atoms with E-state index in [4.69, 9.17) is 4.74 Å². The molecular weight excluding hydrogens is 402 g/mol. The molecule has 3 heterocycles. The van der Waals surface area contributed by atoms with Crippen molar-refractivity contribution in [3.8, 4) is 11.3 Å². The van der Waals surface area contributed by atoms with Gasteiger partial charge in [0.05, 0.1) is 18.2 Å². The van der Waals surface area contributed by atoms with Gasteiger partial charge in [-0.05, 0) is 69.6 Å². The fraction of sp³-hybridized carbons (Fsp3) is 0.500. The van der Waals surface area contributed by atoms with Gasteiger partial charge in [-0.3, -0.25) is 4.79 Å². The number of piperidine rings is 1. The Morgan fingerprint density at radius 2 is 2.09 bits per heavy atom. The second kappa shape index (κ2) is 7.61. The Hall–Kier alpha value is -2.89. The first-order valence-electron chi connectivity index (χ1n) is 11.6. The highest BCUT2D eigenvalue weighted by atomic mass is 16.6. The number of benzene rings is 1. The van der Waals surface area contributed by atoms with E-state index in [0.717, 1.165) is 54.5 Å². The summed E-state index contributed by atoms with van der Waals surface area (Å²) in [5.41, 5.74) is 3.10. The fourth-order valence-electron chi connectivity index (χ4n) is 5.81. The van der Waals surface area contributed by atoms with E-state index in [2.05, 4.69) is 9.97 Å². The molecule has 2 saturated carbocycles. The minimum Gasteiger partial charge on any atom is -0.444 e. The molecule has 2 aliphatic heterocycles. The second-order valence-electron chi connectivity index (χ2n) is 10.5. The normalized spacial score (nSPS) is 28.7. The van der Waals surface area contributed by atoms with Gasteiger partial charge in [0.2, 0.25) is 0 Å². The maximum absolute atomic E-state index is 13.6. The molecule has 2 aromatic rings. The third-order valence-corrected chi connectivity index (χ3v) is 7.29. The molecular formula is C26H31N3O3. The molecule has 1 aromatic heterocycles. The van der Waals surface area contributed by atoms with Crippen LogP contribution < -0.4 is 0 Å². The molecule has 1 amide bonds. The number of aromatic amines is 1. The summed E-state index contributed by atoms with van der Waals surface area (Å²) in [6, 6.07) is 8.18. The molecule has 6 nitrogen and oxygen atoms in total. The number of H-pyrrole nitrogens is 1. The van der Waals surface area contributed by atoms with Crippen molar-refractivity contribution in [2.24, 2.45) is 11.3 Å². The maximum Gasteiger partial charge on any atom is 0.410 e. The number of nitrogens with one attached hydrogen (secondary N) is 1. The van der Waals surface area contributed by atoms with Gasteiger partial charge in [0.25, 0.3) is 0 Å². The number of rotatable bonds is 2. The molecule has 3 atom stereocenters. The molecule has 6 heteroatoms. The number of fused-ring (bicyclic) bond motifs is 3. The van der Waals surface area contributed by atoms with Crippen LogP contribution >= 0.6 is 0 Å². The van der Waals surface area contributed by atoms with Gasteiger partial charge in [0, 0.05) is 23.6 Å². The number of nitrogens with zero attached hydrogens (tertiary/aromatic N) is 2. The highest BCUT2D eigenvalue weighted by Crippen LogP contribution is 2.57. The van der Waals surface area contributed by atoms with E-state index in [1.807, 2.05) is 56.0 Å². The summed E-state index contributed by atoms with van der Waals surface area (Å²) in [6.45, 7) is 6.33. The predicted octanol–water partition coefficient (Wildman–Crippen LogP) is 5.23. The number of hydrogen-bond donors (Lipinski definition) is 1. The molecule has 2 saturated heterocycles. The lowest BCUT2D eigenvalue weighted by Gasteiger charge is -2.54. The van der Waals surface area contributed by atoms with Gasteiger partial charge in [-0.15, -0.1) is 0 Å². The van der Waals surface area contributed by atoms with E-state index >= 15 is 0 Å². The van der Waals surface area contributed by atoms with Crippen LogP contribution in [-0.2, 0) is 9.53 Å². The first-order chi connectivity index (χ1) is 15.3. The van der Waals surface area contributed by atoms with Crippen LogP contribution in [0.15, 0.2) is 42.4 Å². The van der Waals surface area contributed by atoms with Crippen molar-refractivity contribution < 1.29 is 14.3 Å². The topological polar surface area (TPSA) is 75.3 Å². The Morgan fingerprint density at radius 1 is 1.28 bits per heavy atom. The number of ether oxygens (including phenoxy) is 1. The second-order valence-corrected chi connectivity index (χ2v) is 10.5. The fourth-order valence-corrected chi connectivity index (χ4v) is 5.81. The molecule has 4 fully saturated rings. The van der Waals surface area contributed by atoms with Crippen LogP contribution in [0.3, 0.4) is 0 Å². The number of amides is 1. The lowest BCUT2D eigenvalue weighted by molar-refractivity contribution is -0.141. The SMILES string of the molecule is CC(C)(C)OC(=O)N1CC2CCCC1CC21C/C(=C\c2ccccc2-c2cnc[nH]2)C1=O. The Morgan fingerprint density at radius 3 is 2.81 bits per heavy atom. The van der Waals surface area contributed by atoms with E-state index in [-0.39, 0.29) is 29.3 Å². The van der Waals surface area contributed by atoms with Gasteiger partial charge in [0.15, 0.2) is 5.78 Å². The quantitative estimate of drug-likeness (QED) is 0.658. The number of carbonyl (C=O) groups excluding carboxylic acids is 2. The molecule has 1 spiro atoms. The predicted molar refractivity (Wildman–Crippen MR) is 123 cm³/mol. The number of hydrogen-bond acceptors (Lipinski definition) is 4. The van der Waals surface area contributed by atoms with Crippen molar-refractivity contribution >= 4 is 18.0 Å². The third kappa shape index (κ3) is 3.55. The summed E-state index contributed by atoms with van der Waals surface area (Å²) in [6.07, 6.45) is 9.85. The number of aromatic nitrogens is 2. The zero-order chi connectivity index (χ0) is 22.5. The smallest absolute Gasteiger partial charge is 0.410 e. The summed E-state index contributed by atoms with van der Waals surface area (Å²) in [5.74, 6) is 0.485. The van der Waals surface area contributed by atoms with E-state index in [9.17, 15) is 9.59 Å². The highest BCUT2D eigenvalue weighted by Gasteiger charge is 2.60. The molecule has 0 radical (unpaired) electrons. The van der Waals surface area contributed by atoms with E-state index in [1.54, 1.807) is 12.5 Å². The summed E-state index contributed by atoms with van der Waals surface area (Å²) in [5, 5.41) is 0.